The largest absolute Gasteiger partial charge is 0.478 e. The fraction of sp³-hybridized carbons (Fsp3) is 0.312. The van der Waals surface area contributed by atoms with Crippen molar-refractivity contribution >= 4 is 11.9 Å². The van der Waals surface area contributed by atoms with Crippen LogP contribution < -0.4 is 4.90 Å². The molecule has 1 fully saturated rings. The molecule has 0 bridgehead atoms. The number of anilines is 1. The predicted molar refractivity (Wildman–Crippen MR) is 82.9 cm³/mol. The van der Waals surface area contributed by atoms with Crippen LogP contribution in [0.3, 0.4) is 0 Å². The van der Waals surface area contributed by atoms with E-state index in [4.69, 9.17) is 0 Å². The van der Waals surface area contributed by atoms with Gasteiger partial charge in [0.2, 0.25) is 5.95 Å². The highest BCUT2D eigenvalue weighted by molar-refractivity contribution is 5.89. The van der Waals surface area contributed by atoms with Crippen LogP contribution in [0.4, 0.5) is 5.95 Å². The molecular formula is C16H18N4O2. The molecule has 0 spiro atoms. The number of hydrogen-bond acceptors (Lipinski definition) is 5. The lowest BCUT2D eigenvalue weighted by atomic mass is 10.1. The van der Waals surface area contributed by atoms with E-state index in [1.165, 1.54) is 0 Å². The Labute approximate surface area is 129 Å². The first-order valence-electron chi connectivity index (χ1n) is 7.29. The topological polar surface area (TPSA) is 69.6 Å². The molecule has 2 aromatic rings. The SMILES string of the molecule is O=C(O)c1ccccc1CN1CCN(c2ncccn2)CC1. The van der Waals surface area contributed by atoms with Gasteiger partial charge in [0, 0.05) is 45.1 Å². The third kappa shape index (κ3) is 3.23. The number of aromatic carboxylic acids is 1. The van der Waals surface area contributed by atoms with Crippen LogP contribution in [0.2, 0.25) is 0 Å². The van der Waals surface area contributed by atoms with Crippen LogP contribution in [-0.4, -0.2) is 52.1 Å². The maximum Gasteiger partial charge on any atom is 0.336 e. The third-order valence-electron chi connectivity index (χ3n) is 3.85. The highest BCUT2D eigenvalue weighted by Crippen LogP contribution is 2.15. The number of carbonyl (C=O) groups is 1. The lowest BCUT2D eigenvalue weighted by Crippen LogP contribution is -2.46. The molecule has 1 aromatic carbocycles. The van der Waals surface area contributed by atoms with E-state index in [1.54, 1.807) is 24.5 Å². The van der Waals surface area contributed by atoms with E-state index >= 15 is 0 Å². The highest BCUT2D eigenvalue weighted by Gasteiger charge is 2.20. The van der Waals surface area contributed by atoms with Gasteiger partial charge in [-0.2, -0.15) is 0 Å². The average molecular weight is 298 g/mol. The van der Waals surface area contributed by atoms with E-state index in [1.807, 2.05) is 18.2 Å². The lowest BCUT2D eigenvalue weighted by molar-refractivity contribution is 0.0694. The maximum atomic E-state index is 11.3. The summed E-state index contributed by atoms with van der Waals surface area (Å²) in [7, 11) is 0. The van der Waals surface area contributed by atoms with Crippen molar-refractivity contribution < 1.29 is 9.90 Å². The van der Waals surface area contributed by atoms with Gasteiger partial charge in [-0.05, 0) is 17.7 Å². The van der Waals surface area contributed by atoms with Crippen LogP contribution in [0.1, 0.15) is 15.9 Å². The summed E-state index contributed by atoms with van der Waals surface area (Å²) in [4.78, 5) is 24.2. The molecule has 1 aliphatic heterocycles. The maximum absolute atomic E-state index is 11.3. The first-order valence-corrected chi connectivity index (χ1v) is 7.29. The van der Waals surface area contributed by atoms with Crippen LogP contribution in [0.15, 0.2) is 42.7 Å². The Morgan fingerprint density at radius 3 is 2.41 bits per heavy atom. The molecule has 0 aliphatic carbocycles. The number of benzene rings is 1. The number of carboxylic acid groups (broad SMARTS) is 1. The van der Waals surface area contributed by atoms with Gasteiger partial charge in [0.1, 0.15) is 0 Å². The minimum atomic E-state index is -0.869. The molecule has 0 amide bonds. The van der Waals surface area contributed by atoms with Gasteiger partial charge in [-0.3, -0.25) is 4.90 Å². The number of aromatic nitrogens is 2. The zero-order valence-electron chi connectivity index (χ0n) is 12.2. The highest BCUT2D eigenvalue weighted by atomic mass is 16.4. The summed E-state index contributed by atoms with van der Waals surface area (Å²) in [6, 6.07) is 9.00. The van der Waals surface area contributed by atoms with Crippen molar-refractivity contribution in [2.75, 3.05) is 31.1 Å². The minimum Gasteiger partial charge on any atom is -0.478 e. The Morgan fingerprint density at radius 1 is 1.05 bits per heavy atom. The molecule has 114 valence electrons. The molecule has 0 saturated carbocycles. The average Bonchev–Trinajstić information content (AvgIpc) is 2.57. The molecular weight excluding hydrogens is 280 g/mol. The Hall–Kier alpha value is -2.47. The van der Waals surface area contributed by atoms with Gasteiger partial charge in [-0.15, -0.1) is 0 Å². The first-order chi connectivity index (χ1) is 10.7. The lowest BCUT2D eigenvalue weighted by Gasteiger charge is -2.34. The van der Waals surface area contributed by atoms with Crippen molar-refractivity contribution in [3.63, 3.8) is 0 Å². The fourth-order valence-corrected chi connectivity index (χ4v) is 2.67. The number of hydrogen-bond donors (Lipinski definition) is 1. The van der Waals surface area contributed by atoms with E-state index in [2.05, 4.69) is 19.8 Å². The van der Waals surface area contributed by atoms with Gasteiger partial charge in [-0.1, -0.05) is 18.2 Å². The van der Waals surface area contributed by atoms with Crippen LogP contribution in [0.25, 0.3) is 0 Å². The summed E-state index contributed by atoms with van der Waals surface area (Å²) >= 11 is 0. The van der Waals surface area contributed by atoms with Crippen molar-refractivity contribution in [1.29, 1.82) is 0 Å². The standard InChI is InChI=1S/C16H18N4O2/c21-15(22)14-5-2-1-4-13(14)12-19-8-10-20(11-9-19)16-17-6-3-7-18-16/h1-7H,8-12H2,(H,21,22). The molecule has 1 aromatic heterocycles. The summed E-state index contributed by atoms with van der Waals surface area (Å²) in [5, 5.41) is 9.24. The van der Waals surface area contributed by atoms with Crippen molar-refractivity contribution in [2.45, 2.75) is 6.54 Å². The molecule has 6 heteroatoms. The zero-order chi connectivity index (χ0) is 15.4. The Morgan fingerprint density at radius 2 is 1.73 bits per heavy atom. The summed E-state index contributed by atoms with van der Waals surface area (Å²) < 4.78 is 0. The van der Waals surface area contributed by atoms with Gasteiger partial charge < -0.3 is 10.0 Å². The second-order valence-corrected chi connectivity index (χ2v) is 5.27. The molecule has 0 radical (unpaired) electrons. The molecule has 1 N–H and O–H groups in total. The van der Waals surface area contributed by atoms with Crippen LogP contribution in [-0.2, 0) is 6.54 Å². The van der Waals surface area contributed by atoms with E-state index < -0.39 is 5.97 Å². The first kappa shape index (κ1) is 14.5. The normalized spacial score (nSPS) is 15.7. The smallest absolute Gasteiger partial charge is 0.336 e. The minimum absolute atomic E-state index is 0.385. The molecule has 0 unspecified atom stereocenters. The summed E-state index contributed by atoms with van der Waals surface area (Å²) in [5.41, 5.74) is 1.25. The molecule has 2 heterocycles. The van der Waals surface area contributed by atoms with Gasteiger partial charge in [0.25, 0.3) is 0 Å². The molecule has 0 atom stereocenters. The van der Waals surface area contributed by atoms with Crippen molar-refractivity contribution in [2.24, 2.45) is 0 Å². The molecule has 6 nitrogen and oxygen atoms in total. The molecule has 22 heavy (non-hydrogen) atoms. The summed E-state index contributed by atoms with van der Waals surface area (Å²) in [5.74, 6) is -0.111. The third-order valence-corrected chi connectivity index (χ3v) is 3.85. The summed E-state index contributed by atoms with van der Waals surface area (Å²) in [6.07, 6.45) is 3.50. The number of carboxylic acids is 1. The second kappa shape index (κ2) is 6.53. The van der Waals surface area contributed by atoms with Crippen molar-refractivity contribution in [3.8, 4) is 0 Å². The second-order valence-electron chi connectivity index (χ2n) is 5.27. The zero-order valence-corrected chi connectivity index (χ0v) is 12.2. The Kier molecular flexibility index (Phi) is 4.29. The summed E-state index contributed by atoms with van der Waals surface area (Å²) in [6.45, 7) is 4.09. The van der Waals surface area contributed by atoms with Gasteiger partial charge in [0.15, 0.2) is 0 Å². The quantitative estimate of drug-likeness (QED) is 0.922. The van der Waals surface area contributed by atoms with Crippen molar-refractivity contribution in [3.05, 3.63) is 53.9 Å². The molecule has 3 rings (SSSR count). The Bertz CT molecular complexity index is 640. The molecule has 1 aliphatic rings. The van der Waals surface area contributed by atoms with Gasteiger partial charge >= 0.3 is 5.97 Å². The Balaban J connectivity index is 1.62. The van der Waals surface area contributed by atoms with Crippen molar-refractivity contribution in [1.82, 2.24) is 14.9 Å². The van der Waals surface area contributed by atoms with E-state index in [0.29, 0.717) is 12.1 Å². The van der Waals surface area contributed by atoms with E-state index in [0.717, 1.165) is 37.7 Å². The van der Waals surface area contributed by atoms with Crippen LogP contribution >= 0.6 is 0 Å². The number of nitrogens with zero attached hydrogens (tertiary/aromatic N) is 4. The van der Waals surface area contributed by atoms with Gasteiger partial charge in [-0.25, -0.2) is 14.8 Å². The predicted octanol–water partition coefficient (Wildman–Crippen LogP) is 1.50. The van der Waals surface area contributed by atoms with Crippen LogP contribution in [0.5, 0.6) is 0 Å². The molecule has 1 saturated heterocycles. The number of piperazine rings is 1. The number of rotatable bonds is 4. The van der Waals surface area contributed by atoms with E-state index in [-0.39, 0.29) is 0 Å². The monoisotopic (exact) mass is 298 g/mol. The van der Waals surface area contributed by atoms with Gasteiger partial charge in [0.05, 0.1) is 5.56 Å². The van der Waals surface area contributed by atoms with Crippen LogP contribution in [0, 0.1) is 0 Å². The fourth-order valence-electron chi connectivity index (χ4n) is 2.67. The van der Waals surface area contributed by atoms with E-state index in [9.17, 15) is 9.90 Å².